The first-order chi connectivity index (χ1) is 16.0. The van der Waals surface area contributed by atoms with Crippen LogP contribution in [-0.4, -0.2) is 29.2 Å². The summed E-state index contributed by atoms with van der Waals surface area (Å²) in [4.78, 5) is 24.0. The van der Waals surface area contributed by atoms with E-state index in [-0.39, 0.29) is 22.6 Å². The molecular weight excluding hydrogens is 422 g/mol. The van der Waals surface area contributed by atoms with Crippen LogP contribution in [-0.2, 0) is 0 Å². The molecule has 0 unspecified atom stereocenters. The Bertz CT molecular complexity index is 1380. The van der Waals surface area contributed by atoms with Gasteiger partial charge in [0.1, 0.15) is 11.4 Å². The zero-order chi connectivity index (χ0) is 23.4. The number of ether oxygens (including phenoxy) is 1. The van der Waals surface area contributed by atoms with Gasteiger partial charge in [0.15, 0.2) is 5.75 Å². The predicted octanol–water partition coefficient (Wildman–Crippen LogP) is 5.92. The van der Waals surface area contributed by atoms with E-state index in [2.05, 4.69) is 15.5 Å². The number of methoxy groups -OCH3 is 1. The summed E-state index contributed by atoms with van der Waals surface area (Å²) >= 11 is 0. The fraction of sp³-hybridized carbons (Fsp3) is 0.0400. The van der Waals surface area contributed by atoms with Gasteiger partial charge in [-0.15, -0.1) is 5.11 Å². The normalized spacial score (nSPS) is 10.9. The lowest BCUT2D eigenvalue weighted by molar-refractivity contribution is 0.0696. The van der Waals surface area contributed by atoms with Gasteiger partial charge >= 0.3 is 5.97 Å². The highest BCUT2D eigenvalue weighted by Gasteiger charge is 2.19. The monoisotopic (exact) mass is 441 g/mol. The van der Waals surface area contributed by atoms with E-state index in [0.717, 1.165) is 0 Å². The summed E-state index contributed by atoms with van der Waals surface area (Å²) in [5.41, 5.74) is 1.12. The van der Waals surface area contributed by atoms with E-state index in [0.29, 0.717) is 27.9 Å². The van der Waals surface area contributed by atoms with Crippen LogP contribution in [0.15, 0.2) is 89.1 Å². The van der Waals surface area contributed by atoms with Gasteiger partial charge in [0.05, 0.1) is 29.6 Å². The number of phenols is 1. The van der Waals surface area contributed by atoms with E-state index in [1.165, 1.54) is 31.4 Å². The first kappa shape index (κ1) is 21.5. The number of nitrogens with zero attached hydrogens (tertiary/aromatic N) is 2. The maximum Gasteiger partial charge on any atom is 0.335 e. The third-order valence-electron chi connectivity index (χ3n) is 4.97. The largest absolute Gasteiger partial charge is 0.505 e. The fourth-order valence-electron chi connectivity index (χ4n) is 3.31. The Labute approximate surface area is 188 Å². The number of hydrogen-bond donors (Lipinski definition) is 3. The zero-order valence-electron chi connectivity index (χ0n) is 17.5. The lowest BCUT2D eigenvalue weighted by Crippen LogP contribution is -2.13. The van der Waals surface area contributed by atoms with E-state index < -0.39 is 11.9 Å². The zero-order valence-corrected chi connectivity index (χ0v) is 17.5. The van der Waals surface area contributed by atoms with Crippen molar-refractivity contribution in [3.05, 3.63) is 90.0 Å². The molecule has 8 heteroatoms. The van der Waals surface area contributed by atoms with Crippen LogP contribution in [0.5, 0.6) is 11.5 Å². The summed E-state index contributed by atoms with van der Waals surface area (Å²) in [7, 11) is 1.50. The molecule has 0 fully saturated rings. The Morgan fingerprint density at radius 3 is 2.33 bits per heavy atom. The number of rotatable bonds is 6. The molecule has 1 amide bonds. The Balaban J connectivity index is 1.74. The molecule has 0 radical (unpaired) electrons. The summed E-state index contributed by atoms with van der Waals surface area (Å²) < 4.78 is 5.27. The van der Waals surface area contributed by atoms with Crippen molar-refractivity contribution in [3.63, 3.8) is 0 Å². The summed E-state index contributed by atoms with van der Waals surface area (Å²) in [6.07, 6.45) is 0. The summed E-state index contributed by atoms with van der Waals surface area (Å²) in [6.45, 7) is 0. The van der Waals surface area contributed by atoms with Crippen LogP contribution >= 0.6 is 0 Å². The van der Waals surface area contributed by atoms with Crippen molar-refractivity contribution < 1.29 is 24.5 Å². The third-order valence-corrected chi connectivity index (χ3v) is 4.97. The van der Waals surface area contributed by atoms with Gasteiger partial charge in [-0.05, 0) is 47.9 Å². The molecule has 4 rings (SSSR count). The summed E-state index contributed by atoms with van der Waals surface area (Å²) in [5, 5.41) is 32.3. The van der Waals surface area contributed by atoms with Gasteiger partial charge in [-0.3, -0.25) is 4.79 Å². The lowest BCUT2D eigenvalue weighted by Gasteiger charge is -2.13. The molecule has 4 aromatic carbocycles. The molecule has 33 heavy (non-hydrogen) atoms. The van der Waals surface area contributed by atoms with Crippen molar-refractivity contribution >= 4 is 39.7 Å². The number of amides is 1. The Kier molecular flexibility index (Phi) is 5.99. The molecule has 0 aliphatic rings. The van der Waals surface area contributed by atoms with Crippen LogP contribution in [0.25, 0.3) is 10.8 Å². The van der Waals surface area contributed by atoms with Crippen molar-refractivity contribution in [1.29, 1.82) is 0 Å². The van der Waals surface area contributed by atoms with Crippen LogP contribution in [0.3, 0.4) is 0 Å². The second-order valence-electron chi connectivity index (χ2n) is 7.05. The molecule has 4 aromatic rings. The van der Waals surface area contributed by atoms with E-state index in [1.54, 1.807) is 48.5 Å². The Morgan fingerprint density at radius 1 is 0.909 bits per heavy atom. The van der Waals surface area contributed by atoms with Crippen LogP contribution in [0.2, 0.25) is 0 Å². The molecule has 0 aliphatic carbocycles. The number of nitrogens with one attached hydrogen (secondary N) is 1. The van der Waals surface area contributed by atoms with E-state index in [4.69, 9.17) is 9.84 Å². The minimum atomic E-state index is -1.05. The first-order valence-electron chi connectivity index (χ1n) is 9.92. The Hall–Kier alpha value is -4.72. The number of carbonyl (C=O) groups is 2. The third kappa shape index (κ3) is 4.49. The maximum absolute atomic E-state index is 13.0. The number of anilines is 1. The van der Waals surface area contributed by atoms with Gasteiger partial charge in [0, 0.05) is 5.39 Å². The SMILES string of the molecule is COc1ccccc1NC(=O)c1cc2ccccc2c(N=Nc2ccc(C(=O)O)cc2)c1O. The quantitative estimate of drug-likeness (QED) is 0.321. The van der Waals surface area contributed by atoms with E-state index in [9.17, 15) is 14.7 Å². The predicted molar refractivity (Wildman–Crippen MR) is 124 cm³/mol. The minimum Gasteiger partial charge on any atom is -0.505 e. The average Bonchev–Trinajstić information content (AvgIpc) is 2.83. The molecule has 0 aliphatic heterocycles. The number of aromatic carboxylic acids is 1. The van der Waals surface area contributed by atoms with Crippen molar-refractivity contribution in [1.82, 2.24) is 0 Å². The molecule has 0 saturated carbocycles. The van der Waals surface area contributed by atoms with Crippen molar-refractivity contribution in [2.24, 2.45) is 10.2 Å². The van der Waals surface area contributed by atoms with Crippen molar-refractivity contribution in [2.75, 3.05) is 12.4 Å². The number of azo groups is 1. The van der Waals surface area contributed by atoms with Gasteiger partial charge in [0.2, 0.25) is 0 Å². The number of benzene rings is 4. The van der Waals surface area contributed by atoms with Crippen molar-refractivity contribution in [3.8, 4) is 11.5 Å². The topological polar surface area (TPSA) is 121 Å². The number of carboxylic acid groups (broad SMARTS) is 1. The number of para-hydroxylation sites is 2. The van der Waals surface area contributed by atoms with Gasteiger partial charge in [-0.25, -0.2) is 4.79 Å². The molecule has 3 N–H and O–H groups in total. The lowest BCUT2D eigenvalue weighted by atomic mass is 10.0. The molecule has 8 nitrogen and oxygen atoms in total. The van der Waals surface area contributed by atoms with Gasteiger partial charge in [-0.2, -0.15) is 5.11 Å². The highest BCUT2D eigenvalue weighted by atomic mass is 16.5. The molecule has 0 heterocycles. The van der Waals surface area contributed by atoms with Crippen LogP contribution in [0.1, 0.15) is 20.7 Å². The number of carboxylic acids is 1. The first-order valence-corrected chi connectivity index (χ1v) is 9.92. The standard InChI is InChI=1S/C25H19N3O5/c1-33-21-9-5-4-8-20(21)26-24(30)19-14-16-6-2-3-7-18(16)22(23(19)29)28-27-17-12-10-15(11-13-17)25(31)32/h2-14,29H,1H3,(H,26,30)(H,31,32). The van der Waals surface area contributed by atoms with Gasteiger partial charge in [0.25, 0.3) is 5.91 Å². The molecule has 0 aromatic heterocycles. The maximum atomic E-state index is 13.0. The van der Waals surface area contributed by atoms with Gasteiger partial charge in [-0.1, -0.05) is 36.4 Å². The second-order valence-corrected chi connectivity index (χ2v) is 7.05. The van der Waals surface area contributed by atoms with Crippen molar-refractivity contribution in [2.45, 2.75) is 0 Å². The summed E-state index contributed by atoms with van der Waals surface area (Å²) in [5.74, 6) is -1.43. The number of carbonyl (C=O) groups excluding carboxylic acids is 1. The molecular formula is C25H19N3O5. The molecule has 0 spiro atoms. The number of phenolic OH excluding ortho intramolecular Hbond substituents is 1. The number of aromatic hydroxyl groups is 1. The fourth-order valence-corrected chi connectivity index (χ4v) is 3.31. The Morgan fingerprint density at radius 2 is 1.61 bits per heavy atom. The van der Waals surface area contributed by atoms with Gasteiger partial charge < -0.3 is 20.3 Å². The number of hydrogen-bond acceptors (Lipinski definition) is 6. The van der Waals surface area contributed by atoms with E-state index >= 15 is 0 Å². The molecule has 0 atom stereocenters. The molecule has 0 bridgehead atoms. The number of fused-ring (bicyclic) bond motifs is 1. The highest BCUT2D eigenvalue weighted by Crippen LogP contribution is 2.40. The van der Waals surface area contributed by atoms with Crippen LogP contribution < -0.4 is 10.1 Å². The minimum absolute atomic E-state index is 0.0229. The van der Waals surface area contributed by atoms with Crippen LogP contribution in [0.4, 0.5) is 17.1 Å². The molecule has 164 valence electrons. The average molecular weight is 441 g/mol. The van der Waals surface area contributed by atoms with E-state index in [1.807, 2.05) is 6.07 Å². The summed E-state index contributed by atoms with van der Waals surface area (Å²) in [6, 6.07) is 21.5. The second kappa shape index (κ2) is 9.19. The highest BCUT2D eigenvalue weighted by molar-refractivity contribution is 6.12. The van der Waals surface area contributed by atoms with Crippen LogP contribution in [0, 0.1) is 0 Å². The molecule has 0 saturated heterocycles. The smallest absolute Gasteiger partial charge is 0.335 e.